The molecule has 1 N–H and O–H groups in total. The van der Waals surface area contributed by atoms with Gasteiger partial charge in [0.25, 0.3) is 5.91 Å². The zero-order valence-electron chi connectivity index (χ0n) is 24.1. The zero-order chi connectivity index (χ0) is 27.9. The lowest BCUT2D eigenvalue weighted by molar-refractivity contribution is -0.141. The van der Waals surface area contributed by atoms with Gasteiger partial charge in [-0.05, 0) is 81.8 Å². The van der Waals surface area contributed by atoms with E-state index in [9.17, 15) is 14.4 Å². The minimum Gasteiger partial charge on any atom is -0.468 e. The van der Waals surface area contributed by atoms with Gasteiger partial charge < -0.3 is 19.4 Å². The Morgan fingerprint density at radius 1 is 1.05 bits per heavy atom. The van der Waals surface area contributed by atoms with Gasteiger partial charge in [-0.1, -0.05) is 44.0 Å². The summed E-state index contributed by atoms with van der Waals surface area (Å²) in [7, 11) is 1.31. The van der Waals surface area contributed by atoms with E-state index in [4.69, 9.17) is 4.74 Å². The second kappa shape index (κ2) is 14.5. The summed E-state index contributed by atoms with van der Waals surface area (Å²) in [6.07, 6.45) is 9.83. The van der Waals surface area contributed by atoms with Gasteiger partial charge in [0.1, 0.15) is 6.54 Å². The minimum atomic E-state index is -0.464. The maximum Gasteiger partial charge on any atom is 0.325 e. The minimum absolute atomic E-state index is 0. The Morgan fingerprint density at radius 3 is 2.38 bits per heavy atom. The highest BCUT2D eigenvalue weighted by Gasteiger charge is 2.24. The Balaban J connectivity index is 0.00000441. The predicted molar refractivity (Wildman–Crippen MR) is 161 cm³/mol. The number of esters is 1. The molecule has 0 atom stereocenters. The molecule has 0 saturated heterocycles. The number of aryl methyl sites for hydroxylation is 2. The Hall–Kier alpha value is -3.16. The maximum atomic E-state index is 13.6. The molecule has 2 heterocycles. The van der Waals surface area contributed by atoms with Gasteiger partial charge in [0, 0.05) is 34.9 Å². The molecule has 8 heteroatoms. The van der Waals surface area contributed by atoms with E-state index in [0.717, 1.165) is 30.5 Å². The van der Waals surface area contributed by atoms with E-state index in [2.05, 4.69) is 17.4 Å². The van der Waals surface area contributed by atoms with Gasteiger partial charge >= 0.3 is 5.97 Å². The van der Waals surface area contributed by atoms with Gasteiger partial charge in [-0.2, -0.15) is 0 Å². The first-order chi connectivity index (χ1) is 18.8. The number of hydrogen-bond donors (Lipinski definition) is 1. The average Bonchev–Trinajstić information content (AvgIpc) is 3.60. The normalized spacial score (nSPS) is 13.4. The number of carbonyl (C=O) groups is 3. The second-order valence-corrected chi connectivity index (χ2v) is 10.8. The second-order valence-electron chi connectivity index (χ2n) is 10.8. The number of aromatic nitrogens is 1. The van der Waals surface area contributed by atoms with Crippen LogP contribution in [0.4, 0.5) is 0 Å². The van der Waals surface area contributed by atoms with Crippen molar-refractivity contribution in [1.29, 1.82) is 0 Å². The van der Waals surface area contributed by atoms with E-state index in [-0.39, 0.29) is 36.7 Å². The lowest BCUT2D eigenvalue weighted by atomic mass is 10.0. The summed E-state index contributed by atoms with van der Waals surface area (Å²) >= 11 is 0. The molecule has 1 aliphatic carbocycles. The average molecular weight is 568 g/mol. The highest BCUT2D eigenvalue weighted by atomic mass is 35.5. The summed E-state index contributed by atoms with van der Waals surface area (Å²) in [6, 6.07) is 13.9. The first-order valence-corrected chi connectivity index (χ1v) is 14.2. The van der Waals surface area contributed by atoms with Crippen LogP contribution in [0.3, 0.4) is 0 Å². The first-order valence-electron chi connectivity index (χ1n) is 14.2. The van der Waals surface area contributed by atoms with Crippen LogP contribution in [0.15, 0.2) is 48.7 Å². The fourth-order valence-electron chi connectivity index (χ4n) is 5.44. The fourth-order valence-corrected chi connectivity index (χ4v) is 5.44. The molecular weight excluding hydrogens is 526 g/mol. The molecule has 1 aromatic carbocycles. The van der Waals surface area contributed by atoms with Crippen molar-refractivity contribution in [3.8, 4) is 0 Å². The fraction of sp³-hybridized carbons (Fsp3) is 0.469. The molecule has 216 valence electrons. The third-order valence-electron chi connectivity index (χ3n) is 7.75. The number of pyridine rings is 1. The Labute approximate surface area is 243 Å². The maximum absolute atomic E-state index is 13.6. The van der Waals surface area contributed by atoms with Crippen LogP contribution in [0.2, 0.25) is 0 Å². The number of carbonyl (C=O) groups excluding carboxylic acids is 3. The van der Waals surface area contributed by atoms with Crippen molar-refractivity contribution in [2.75, 3.05) is 20.2 Å². The molecule has 7 nitrogen and oxygen atoms in total. The number of benzene rings is 1. The van der Waals surface area contributed by atoms with Crippen molar-refractivity contribution in [1.82, 2.24) is 14.6 Å². The van der Waals surface area contributed by atoms with E-state index < -0.39 is 5.97 Å². The van der Waals surface area contributed by atoms with Crippen LogP contribution < -0.4 is 5.32 Å². The number of halogens is 1. The summed E-state index contributed by atoms with van der Waals surface area (Å²) < 4.78 is 6.62. The molecule has 0 radical (unpaired) electrons. The summed E-state index contributed by atoms with van der Waals surface area (Å²) in [6.45, 7) is 6.67. The number of nitrogens with zero attached hydrogens (tertiary/aromatic N) is 2. The molecule has 3 aromatic rings. The molecule has 0 spiro atoms. The number of hydrogen-bond acceptors (Lipinski definition) is 5. The van der Waals surface area contributed by atoms with E-state index in [1.54, 1.807) is 18.3 Å². The number of nitrogens with one attached hydrogen (secondary N) is 1. The summed E-state index contributed by atoms with van der Waals surface area (Å²) in [4.78, 5) is 40.2. The van der Waals surface area contributed by atoms with Crippen LogP contribution in [-0.4, -0.2) is 59.2 Å². The molecule has 1 amide bonds. The van der Waals surface area contributed by atoms with Crippen LogP contribution in [0.25, 0.3) is 5.52 Å². The van der Waals surface area contributed by atoms with Crippen molar-refractivity contribution in [2.24, 2.45) is 0 Å². The number of ether oxygens (including phenoxy) is 1. The van der Waals surface area contributed by atoms with Crippen LogP contribution in [0.5, 0.6) is 0 Å². The molecule has 1 fully saturated rings. The molecule has 0 aliphatic heterocycles. The molecule has 4 rings (SSSR count). The highest BCUT2D eigenvalue weighted by Crippen LogP contribution is 2.23. The zero-order valence-corrected chi connectivity index (χ0v) is 24.9. The molecule has 0 bridgehead atoms. The number of rotatable bonds is 12. The lowest BCUT2D eigenvalue weighted by Gasteiger charge is -2.25. The summed E-state index contributed by atoms with van der Waals surface area (Å²) in [5.74, 6) is -0.748. The van der Waals surface area contributed by atoms with E-state index in [1.165, 1.54) is 43.3 Å². The number of fused-ring (bicyclic) bond motifs is 1. The SMILES string of the molecule is CCc1cc2cc(C(=O)N(CC(=O)OC)C(C)C)ccn2c1C(=O)c1ccc(CCCNC2CCCC2)cc1.Cl. The molecule has 0 unspecified atom stereocenters. The van der Waals surface area contributed by atoms with Crippen LogP contribution >= 0.6 is 12.4 Å². The quantitative estimate of drug-likeness (QED) is 0.174. The van der Waals surface area contributed by atoms with Crippen LogP contribution in [0, 0.1) is 0 Å². The molecule has 40 heavy (non-hydrogen) atoms. The van der Waals surface area contributed by atoms with Crippen molar-refractivity contribution in [2.45, 2.75) is 77.8 Å². The van der Waals surface area contributed by atoms with Crippen molar-refractivity contribution >= 4 is 35.6 Å². The van der Waals surface area contributed by atoms with Gasteiger partial charge in [0.05, 0.1) is 12.8 Å². The first kappa shape index (κ1) is 31.4. The smallest absolute Gasteiger partial charge is 0.325 e. The molecular formula is C32H42ClN3O4. The largest absolute Gasteiger partial charge is 0.468 e. The van der Waals surface area contributed by atoms with Crippen LogP contribution in [-0.2, 0) is 22.4 Å². The van der Waals surface area contributed by atoms with Crippen molar-refractivity contribution < 1.29 is 19.1 Å². The Bertz CT molecular complexity index is 1310. The van der Waals surface area contributed by atoms with E-state index >= 15 is 0 Å². The third kappa shape index (κ3) is 7.32. The number of ketones is 1. The van der Waals surface area contributed by atoms with Gasteiger partial charge in [-0.15, -0.1) is 12.4 Å². The third-order valence-corrected chi connectivity index (χ3v) is 7.75. The standard InChI is InChI=1S/C32H41N3O4.ClH/c1-5-24-19-28-20-26(32(38)35(22(2)3)21-29(36)39-4)16-18-34(28)30(24)31(37)25-14-12-23(13-15-25)9-8-17-33-27-10-6-7-11-27;/h12-16,18-20,22,27,33H,5-11,17,21H2,1-4H3;1H. The predicted octanol–water partition coefficient (Wildman–Crippen LogP) is 5.64. The lowest BCUT2D eigenvalue weighted by Crippen LogP contribution is -2.41. The van der Waals surface area contributed by atoms with Gasteiger partial charge in [-0.3, -0.25) is 14.4 Å². The van der Waals surface area contributed by atoms with Gasteiger partial charge in [0.2, 0.25) is 5.78 Å². The van der Waals surface area contributed by atoms with Crippen molar-refractivity contribution in [3.63, 3.8) is 0 Å². The molecule has 1 saturated carbocycles. The number of methoxy groups -OCH3 is 1. The summed E-state index contributed by atoms with van der Waals surface area (Å²) in [5.41, 5.74) is 4.68. The van der Waals surface area contributed by atoms with E-state index in [1.807, 2.05) is 43.4 Å². The number of amides is 1. The monoisotopic (exact) mass is 567 g/mol. The van der Waals surface area contributed by atoms with Crippen LogP contribution in [0.1, 0.15) is 90.4 Å². The Kier molecular flexibility index (Phi) is 11.3. The van der Waals surface area contributed by atoms with Gasteiger partial charge in [-0.25, -0.2) is 0 Å². The topological polar surface area (TPSA) is 80.1 Å². The summed E-state index contributed by atoms with van der Waals surface area (Å²) in [5, 5.41) is 3.66. The highest BCUT2D eigenvalue weighted by molar-refractivity contribution is 6.10. The Morgan fingerprint density at radius 2 is 1.75 bits per heavy atom. The van der Waals surface area contributed by atoms with Gasteiger partial charge in [0.15, 0.2) is 0 Å². The van der Waals surface area contributed by atoms with Crippen molar-refractivity contribution in [3.05, 3.63) is 76.6 Å². The van der Waals surface area contributed by atoms with E-state index in [0.29, 0.717) is 29.3 Å². The molecule has 2 aromatic heterocycles. The molecule has 1 aliphatic rings.